The minimum absolute atomic E-state index is 0.0689. The molecule has 21 heavy (non-hydrogen) atoms. The topological polar surface area (TPSA) is 55.6 Å². The Morgan fingerprint density at radius 1 is 1.33 bits per heavy atom. The Balaban J connectivity index is 2.37. The third-order valence-electron chi connectivity index (χ3n) is 3.06. The number of halogens is 2. The molecule has 2 aromatic carbocycles. The van der Waals surface area contributed by atoms with Crippen molar-refractivity contribution in [1.82, 2.24) is 0 Å². The number of anilines is 2. The summed E-state index contributed by atoms with van der Waals surface area (Å²) in [7, 11) is 3.18. The summed E-state index contributed by atoms with van der Waals surface area (Å²) in [5, 5.41) is 0. The smallest absolute Gasteiger partial charge is 0.259 e. The first-order valence-electron chi connectivity index (χ1n) is 6.10. The molecular formula is C15H14BrFN2O2. The summed E-state index contributed by atoms with van der Waals surface area (Å²) in [6.07, 6.45) is 0. The second-order valence-electron chi connectivity index (χ2n) is 4.42. The lowest BCUT2D eigenvalue weighted by atomic mass is 10.1. The zero-order valence-corrected chi connectivity index (χ0v) is 13.1. The predicted octanol–water partition coefficient (Wildman–Crippen LogP) is 3.46. The maximum atomic E-state index is 13.3. The molecule has 0 heterocycles. The molecular weight excluding hydrogens is 339 g/mol. The van der Waals surface area contributed by atoms with Gasteiger partial charge in [0.2, 0.25) is 0 Å². The maximum absolute atomic E-state index is 13.3. The van der Waals surface area contributed by atoms with E-state index in [0.29, 0.717) is 21.5 Å². The molecule has 2 rings (SSSR count). The van der Waals surface area contributed by atoms with Crippen molar-refractivity contribution in [3.8, 4) is 5.75 Å². The van der Waals surface area contributed by atoms with Crippen LogP contribution in [0.25, 0.3) is 0 Å². The second-order valence-corrected chi connectivity index (χ2v) is 5.27. The molecule has 2 N–H and O–H groups in total. The first-order valence-corrected chi connectivity index (χ1v) is 6.90. The van der Waals surface area contributed by atoms with Gasteiger partial charge in [-0.1, -0.05) is 6.07 Å². The average molecular weight is 353 g/mol. The molecule has 2 aromatic rings. The molecule has 0 aliphatic heterocycles. The van der Waals surface area contributed by atoms with Crippen molar-refractivity contribution < 1.29 is 13.9 Å². The molecule has 1 amide bonds. The van der Waals surface area contributed by atoms with Crippen LogP contribution in [-0.4, -0.2) is 20.1 Å². The van der Waals surface area contributed by atoms with Crippen LogP contribution in [0.1, 0.15) is 10.4 Å². The number of ether oxygens (including phenoxy) is 1. The zero-order chi connectivity index (χ0) is 15.6. The van der Waals surface area contributed by atoms with Gasteiger partial charge in [-0.25, -0.2) is 4.39 Å². The lowest BCUT2D eigenvalue weighted by Crippen LogP contribution is -2.26. The van der Waals surface area contributed by atoms with Crippen LogP contribution in [0.5, 0.6) is 5.75 Å². The maximum Gasteiger partial charge on any atom is 0.259 e. The highest BCUT2D eigenvalue weighted by Gasteiger charge is 2.18. The van der Waals surface area contributed by atoms with Gasteiger partial charge in [-0.3, -0.25) is 4.79 Å². The Labute approximate surface area is 130 Å². The van der Waals surface area contributed by atoms with Crippen molar-refractivity contribution >= 4 is 33.2 Å². The van der Waals surface area contributed by atoms with Gasteiger partial charge in [0, 0.05) is 23.3 Å². The van der Waals surface area contributed by atoms with E-state index in [9.17, 15) is 9.18 Å². The van der Waals surface area contributed by atoms with E-state index in [0.717, 1.165) is 0 Å². The minimum Gasteiger partial charge on any atom is -0.497 e. The monoisotopic (exact) mass is 352 g/mol. The van der Waals surface area contributed by atoms with Gasteiger partial charge in [-0.05, 0) is 40.2 Å². The number of nitrogen functional groups attached to an aromatic ring is 1. The summed E-state index contributed by atoms with van der Waals surface area (Å²) < 4.78 is 18.8. The standard InChI is InChI=1S/C15H14BrFN2O2/c1-19(9-4-3-5-10(6-9)21-2)15(20)11-7-14(18)13(17)8-12(11)16/h3-8H,18H2,1-2H3. The number of hydrogen-bond donors (Lipinski definition) is 1. The van der Waals surface area contributed by atoms with Gasteiger partial charge in [0.15, 0.2) is 0 Å². The summed E-state index contributed by atoms with van der Waals surface area (Å²) in [4.78, 5) is 14.0. The SMILES string of the molecule is COc1cccc(N(C)C(=O)c2cc(N)c(F)cc2Br)c1. The fourth-order valence-electron chi connectivity index (χ4n) is 1.85. The Bertz CT molecular complexity index is 691. The molecule has 0 bridgehead atoms. The van der Waals surface area contributed by atoms with Gasteiger partial charge in [-0.2, -0.15) is 0 Å². The van der Waals surface area contributed by atoms with E-state index in [1.165, 1.54) is 17.0 Å². The van der Waals surface area contributed by atoms with Crippen LogP contribution in [0.15, 0.2) is 40.9 Å². The summed E-state index contributed by atoms with van der Waals surface area (Å²) in [6.45, 7) is 0. The number of rotatable bonds is 3. The largest absolute Gasteiger partial charge is 0.497 e. The number of hydrogen-bond acceptors (Lipinski definition) is 3. The number of carbonyl (C=O) groups excluding carboxylic acids is 1. The van der Waals surface area contributed by atoms with Gasteiger partial charge in [0.05, 0.1) is 18.4 Å². The Hall–Kier alpha value is -2.08. The molecule has 6 heteroatoms. The van der Waals surface area contributed by atoms with Crippen molar-refractivity contribution in [1.29, 1.82) is 0 Å². The van der Waals surface area contributed by atoms with Gasteiger partial charge >= 0.3 is 0 Å². The van der Waals surface area contributed by atoms with Crippen LogP contribution in [0.4, 0.5) is 15.8 Å². The van der Waals surface area contributed by atoms with Crippen LogP contribution < -0.4 is 15.4 Å². The quantitative estimate of drug-likeness (QED) is 0.860. The molecule has 110 valence electrons. The Morgan fingerprint density at radius 2 is 2.05 bits per heavy atom. The zero-order valence-electron chi connectivity index (χ0n) is 11.6. The van der Waals surface area contributed by atoms with Crippen LogP contribution >= 0.6 is 15.9 Å². The third-order valence-corrected chi connectivity index (χ3v) is 3.72. The second kappa shape index (κ2) is 6.13. The van der Waals surface area contributed by atoms with Crippen molar-refractivity contribution in [2.75, 3.05) is 24.8 Å². The van der Waals surface area contributed by atoms with Crippen molar-refractivity contribution in [2.24, 2.45) is 0 Å². The molecule has 0 atom stereocenters. The fraction of sp³-hybridized carbons (Fsp3) is 0.133. The number of methoxy groups -OCH3 is 1. The lowest BCUT2D eigenvalue weighted by Gasteiger charge is -2.19. The van der Waals surface area contributed by atoms with E-state index < -0.39 is 5.82 Å². The molecule has 0 aromatic heterocycles. The minimum atomic E-state index is -0.567. The van der Waals surface area contributed by atoms with Crippen LogP contribution in [0.2, 0.25) is 0 Å². The Morgan fingerprint density at radius 3 is 2.71 bits per heavy atom. The van der Waals surface area contributed by atoms with Gasteiger partial charge in [0.25, 0.3) is 5.91 Å². The lowest BCUT2D eigenvalue weighted by molar-refractivity contribution is 0.0992. The number of amides is 1. The number of benzene rings is 2. The summed E-state index contributed by atoms with van der Waals surface area (Å²) in [6, 6.07) is 9.58. The van der Waals surface area contributed by atoms with Gasteiger partial charge < -0.3 is 15.4 Å². The summed E-state index contributed by atoms with van der Waals surface area (Å²) >= 11 is 3.18. The first kappa shape index (κ1) is 15.3. The summed E-state index contributed by atoms with van der Waals surface area (Å²) in [5.74, 6) is -0.228. The molecule has 0 saturated carbocycles. The first-order chi connectivity index (χ1) is 9.93. The molecule has 0 spiro atoms. The molecule has 0 unspecified atom stereocenters. The van der Waals surface area contributed by atoms with Crippen LogP contribution in [0.3, 0.4) is 0 Å². The molecule has 4 nitrogen and oxygen atoms in total. The molecule has 0 aliphatic rings. The van der Waals surface area contributed by atoms with Gasteiger partial charge in [-0.15, -0.1) is 0 Å². The highest BCUT2D eigenvalue weighted by molar-refractivity contribution is 9.10. The van der Waals surface area contributed by atoms with Crippen LogP contribution in [0, 0.1) is 5.82 Å². The molecule has 0 aliphatic carbocycles. The molecule has 0 saturated heterocycles. The predicted molar refractivity (Wildman–Crippen MR) is 84.2 cm³/mol. The van der Waals surface area contributed by atoms with Crippen LogP contribution in [-0.2, 0) is 0 Å². The van der Waals surface area contributed by atoms with E-state index in [-0.39, 0.29) is 11.6 Å². The van der Waals surface area contributed by atoms with Crippen molar-refractivity contribution in [2.45, 2.75) is 0 Å². The van der Waals surface area contributed by atoms with Gasteiger partial charge in [0.1, 0.15) is 11.6 Å². The molecule has 0 fully saturated rings. The number of carbonyl (C=O) groups is 1. The fourth-order valence-corrected chi connectivity index (χ4v) is 2.33. The third kappa shape index (κ3) is 3.16. The van der Waals surface area contributed by atoms with Crippen molar-refractivity contribution in [3.63, 3.8) is 0 Å². The van der Waals surface area contributed by atoms with E-state index in [1.54, 1.807) is 38.4 Å². The molecule has 0 radical (unpaired) electrons. The average Bonchev–Trinajstić information content (AvgIpc) is 2.49. The van der Waals surface area contributed by atoms with Crippen molar-refractivity contribution in [3.05, 3.63) is 52.3 Å². The van der Waals surface area contributed by atoms with E-state index in [1.807, 2.05) is 0 Å². The highest BCUT2D eigenvalue weighted by Crippen LogP contribution is 2.27. The number of nitrogens with zero attached hydrogens (tertiary/aromatic N) is 1. The summed E-state index contributed by atoms with van der Waals surface area (Å²) in [5.41, 5.74) is 6.41. The Kier molecular flexibility index (Phi) is 4.47. The number of nitrogens with two attached hydrogens (primary N) is 1. The highest BCUT2D eigenvalue weighted by atomic mass is 79.9. The normalized spacial score (nSPS) is 10.3. The van der Waals surface area contributed by atoms with E-state index in [4.69, 9.17) is 10.5 Å². The van der Waals surface area contributed by atoms with E-state index in [2.05, 4.69) is 15.9 Å². The van der Waals surface area contributed by atoms with E-state index >= 15 is 0 Å².